The number of anilines is 2. The van der Waals surface area contributed by atoms with Gasteiger partial charge in [-0.05, 0) is 43.2 Å². The molecule has 0 aliphatic heterocycles. The summed E-state index contributed by atoms with van der Waals surface area (Å²) >= 11 is 0. The van der Waals surface area contributed by atoms with Crippen molar-refractivity contribution in [1.29, 1.82) is 0 Å². The first-order valence-electron chi connectivity index (χ1n) is 6.41. The van der Waals surface area contributed by atoms with Gasteiger partial charge in [0, 0.05) is 11.4 Å². The van der Waals surface area contributed by atoms with Crippen molar-refractivity contribution < 1.29 is 4.79 Å². The highest BCUT2D eigenvalue weighted by atomic mass is 16.2. The molecule has 0 unspecified atom stereocenters. The van der Waals surface area contributed by atoms with Crippen LogP contribution in [-0.2, 0) is 6.42 Å². The molecule has 3 heteroatoms. The van der Waals surface area contributed by atoms with Gasteiger partial charge in [-0.3, -0.25) is 0 Å². The van der Waals surface area contributed by atoms with E-state index in [0.717, 1.165) is 17.8 Å². The van der Waals surface area contributed by atoms with E-state index < -0.39 is 0 Å². The first kappa shape index (κ1) is 13.1. The second-order valence-electron chi connectivity index (χ2n) is 4.50. The minimum absolute atomic E-state index is 0.225. The number of rotatable bonds is 3. The molecule has 0 bridgehead atoms. The van der Waals surface area contributed by atoms with Crippen LogP contribution in [0.15, 0.2) is 48.5 Å². The predicted octanol–water partition coefficient (Wildman–Crippen LogP) is 4.20. The van der Waals surface area contributed by atoms with Crippen molar-refractivity contribution in [3.8, 4) is 0 Å². The molecule has 0 heterocycles. The van der Waals surface area contributed by atoms with Gasteiger partial charge >= 0.3 is 6.03 Å². The van der Waals surface area contributed by atoms with Crippen molar-refractivity contribution in [2.45, 2.75) is 20.3 Å². The average molecular weight is 254 g/mol. The van der Waals surface area contributed by atoms with E-state index >= 15 is 0 Å². The molecule has 0 spiro atoms. The molecular weight excluding hydrogens is 236 g/mol. The van der Waals surface area contributed by atoms with Crippen LogP contribution < -0.4 is 10.6 Å². The molecule has 0 aliphatic rings. The lowest BCUT2D eigenvalue weighted by Crippen LogP contribution is -2.19. The van der Waals surface area contributed by atoms with Crippen molar-refractivity contribution in [2.24, 2.45) is 0 Å². The summed E-state index contributed by atoms with van der Waals surface area (Å²) in [6.07, 6.45) is 0.953. The topological polar surface area (TPSA) is 41.1 Å². The number of carbonyl (C=O) groups is 1. The number of urea groups is 1. The summed E-state index contributed by atoms with van der Waals surface area (Å²) in [5.41, 5.74) is 3.97. The summed E-state index contributed by atoms with van der Waals surface area (Å²) in [6, 6.07) is 15.3. The van der Waals surface area contributed by atoms with Crippen LogP contribution in [0.4, 0.5) is 16.2 Å². The maximum atomic E-state index is 11.8. The molecule has 19 heavy (non-hydrogen) atoms. The van der Waals surface area contributed by atoms with Gasteiger partial charge in [-0.2, -0.15) is 0 Å². The fraction of sp³-hybridized carbons (Fsp3) is 0.188. The number of aryl methyl sites for hydroxylation is 2. The number of nitrogens with one attached hydrogen (secondary N) is 2. The van der Waals surface area contributed by atoms with Crippen molar-refractivity contribution >= 4 is 17.4 Å². The third kappa shape index (κ3) is 3.85. The van der Waals surface area contributed by atoms with E-state index in [4.69, 9.17) is 0 Å². The zero-order valence-electron chi connectivity index (χ0n) is 11.2. The molecule has 2 rings (SSSR count). The zero-order valence-corrected chi connectivity index (χ0v) is 11.2. The van der Waals surface area contributed by atoms with Crippen LogP contribution in [0.1, 0.15) is 18.1 Å². The number of amides is 2. The van der Waals surface area contributed by atoms with Crippen molar-refractivity contribution in [3.05, 3.63) is 59.7 Å². The summed E-state index contributed by atoms with van der Waals surface area (Å²) in [7, 11) is 0. The Hall–Kier alpha value is -2.29. The standard InChI is InChI=1S/C16H18N2O/c1-3-13-5-4-6-15(11-13)18-16(19)17-14-9-7-12(2)8-10-14/h4-11H,3H2,1-2H3,(H2,17,18,19). The molecule has 0 saturated heterocycles. The second kappa shape index (κ2) is 6.05. The van der Waals surface area contributed by atoms with Crippen LogP contribution in [0, 0.1) is 6.92 Å². The summed E-state index contributed by atoms with van der Waals surface area (Å²) < 4.78 is 0. The Morgan fingerprint density at radius 2 is 1.68 bits per heavy atom. The second-order valence-corrected chi connectivity index (χ2v) is 4.50. The van der Waals surface area contributed by atoms with Gasteiger partial charge in [0.05, 0.1) is 0 Å². The SMILES string of the molecule is CCc1cccc(NC(=O)Nc2ccc(C)cc2)c1. The maximum absolute atomic E-state index is 11.8. The number of hydrogen-bond donors (Lipinski definition) is 2. The van der Waals surface area contributed by atoms with E-state index in [1.165, 1.54) is 11.1 Å². The summed E-state index contributed by atoms with van der Waals surface area (Å²) in [6.45, 7) is 4.10. The highest BCUT2D eigenvalue weighted by Crippen LogP contribution is 2.13. The van der Waals surface area contributed by atoms with Crippen LogP contribution in [0.5, 0.6) is 0 Å². The van der Waals surface area contributed by atoms with Gasteiger partial charge in [0.25, 0.3) is 0 Å². The molecule has 0 atom stereocenters. The quantitative estimate of drug-likeness (QED) is 0.846. The Morgan fingerprint density at radius 3 is 2.37 bits per heavy atom. The van der Waals surface area contributed by atoms with Gasteiger partial charge in [0.15, 0.2) is 0 Å². The van der Waals surface area contributed by atoms with Gasteiger partial charge in [-0.1, -0.05) is 36.8 Å². The van der Waals surface area contributed by atoms with Gasteiger partial charge in [-0.25, -0.2) is 4.79 Å². The smallest absolute Gasteiger partial charge is 0.308 e. The Bertz CT molecular complexity index is 561. The van der Waals surface area contributed by atoms with Gasteiger partial charge < -0.3 is 10.6 Å². The van der Waals surface area contributed by atoms with E-state index in [2.05, 4.69) is 17.6 Å². The lowest BCUT2D eigenvalue weighted by Gasteiger charge is -2.08. The fourth-order valence-corrected chi connectivity index (χ4v) is 1.80. The molecule has 0 fully saturated rings. The summed E-state index contributed by atoms with van der Waals surface area (Å²) in [5.74, 6) is 0. The highest BCUT2D eigenvalue weighted by molar-refractivity contribution is 5.99. The van der Waals surface area contributed by atoms with Crippen LogP contribution in [0.3, 0.4) is 0 Å². The lowest BCUT2D eigenvalue weighted by molar-refractivity contribution is 0.262. The molecule has 0 aromatic heterocycles. The molecule has 0 radical (unpaired) electrons. The van der Waals surface area contributed by atoms with E-state index in [-0.39, 0.29) is 6.03 Å². The van der Waals surface area contributed by atoms with E-state index in [0.29, 0.717) is 0 Å². The minimum Gasteiger partial charge on any atom is -0.308 e. The molecule has 2 aromatic rings. The van der Waals surface area contributed by atoms with Crippen molar-refractivity contribution in [2.75, 3.05) is 10.6 Å². The number of hydrogen-bond acceptors (Lipinski definition) is 1. The van der Waals surface area contributed by atoms with Crippen LogP contribution >= 0.6 is 0 Å². The first-order valence-corrected chi connectivity index (χ1v) is 6.41. The molecule has 2 aromatic carbocycles. The molecular formula is C16H18N2O. The molecule has 98 valence electrons. The first-order chi connectivity index (χ1) is 9.17. The van der Waals surface area contributed by atoms with Crippen molar-refractivity contribution in [1.82, 2.24) is 0 Å². The predicted molar refractivity (Wildman–Crippen MR) is 79.6 cm³/mol. The Balaban J connectivity index is 1.99. The highest BCUT2D eigenvalue weighted by Gasteiger charge is 2.02. The summed E-state index contributed by atoms with van der Waals surface area (Å²) in [4.78, 5) is 11.8. The van der Waals surface area contributed by atoms with Crippen LogP contribution in [0.25, 0.3) is 0 Å². The zero-order chi connectivity index (χ0) is 13.7. The van der Waals surface area contributed by atoms with Gasteiger partial charge in [0.1, 0.15) is 0 Å². The van der Waals surface area contributed by atoms with E-state index in [9.17, 15) is 4.79 Å². The van der Waals surface area contributed by atoms with Crippen LogP contribution in [0.2, 0.25) is 0 Å². The van der Waals surface area contributed by atoms with Gasteiger partial charge in [0.2, 0.25) is 0 Å². The Labute approximate surface area is 113 Å². The van der Waals surface area contributed by atoms with Crippen molar-refractivity contribution in [3.63, 3.8) is 0 Å². The summed E-state index contributed by atoms with van der Waals surface area (Å²) in [5, 5.41) is 5.63. The third-order valence-corrected chi connectivity index (χ3v) is 2.90. The maximum Gasteiger partial charge on any atom is 0.323 e. The number of benzene rings is 2. The molecule has 0 aliphatic carbocycles. The fourth-order valence-electron chi connectivity index (χ4n) is 1.80. The molecule has 2 N–H and O–H groups in total. The molecule has 3 nitrogen and oxygen atoms in total. The van der Waals surface area contributed by atoms with Gasteiger partial charge in [-0.15, -0.1) is 0 Å². The minimum atomic E-state index is -0.225. The normalized spacial score (nSPS) is 10.0. The van der Waals surface area contributed by atoms with Crippen LogP contribution in [-0.4, -0.2) is 6.03 Å². The average Bonchev–Trinajstić information content (AvgIpc) is 2.41. The largest absolute Gasteiger partial charge is 0.323 e. The monoisotopic (exact) mass is 254 g/mol. The third-order valence-electron chi connectivity index (χ3n) is 2.90. The Morgan fingerprint density at radius 1 is 1.00 bits per heavy atom. The number of carbonyl (C=O) groups excluding carboxylic acids is 1. The molecule has 2 amide bonds. The van der Waals surface area contributed by atoms with E-state index in [1.54, 1.807) is 0 Å². The van der Waals surface area contributed by atoms with E-state index in [1.807, 2.05) is 55.5 Å². The molecule has 0 saturated carbocycles. The Kier molecular flexibility index (Phi) is 4.18. The lowest BCUT2D eigenvalue weighted by atomic mass is 10.1.